The summed E-state index contributed by atoms with van der Waals surface area (Å²) < 4.78 is 0. The van der Waals surface area contributed by atoms with Crippen molar-refractivity contribution in [1.29, 1.82) is 0 Å². The van der Waals surface area contributed by atoms with E-state index in [0.717, 1.165) is 16.5 Å². The first kappa shape index (κ1) is 15.7. The first-order valence-corrected chi connectivity index (χ1v) is 7.45. The molecule has 3 aromatic rings. The van der Waals surface area contributed by atoms with Gasteiger partial charge in [0.2, 0.25) is 0 Å². The molecule has 2 heterocycles. The normalized spacial score (nSPS) is 12.2. The van der Waals surface area contributed by atoms with Gasteiger partial charge in [-0.3, -0.25) is 14.7 Å². The third-order valence-electron chi connectivity index (χ3n) is 3.62. The van der Waals surface area contributed by atoms with E-state index in [9.17, 15) is 9.59 Å². The first-order chi connectivity index (χ1) is 11.4. The van der Waals surface area contributed by atoms with Gasteiger partial charge in [0.15, 0.2) is 5.82 Å². The molecule has 0 aliphatic carbocycles. The summed E-state index contributed by atoms with van der Waals surface area (Å²) in [7, 11) is 0. The zero-order chi connectivity index (χ0) is 17.3. The highest BCUT2D eigenvalue weighted by Gasteiger charge is 2.17. The second-order valence-corrected chi connectivity index (χ2v) is 5.68. The number of H-pyrrole nitrogens is 2. The Bertz CT molecular complexity index is 911. The number of aromatic nitrogens is 4. The SMILES string of the molecule is Cc1ccc2[nH]c(C(=O)N[C@@H](C)c3n[nH]c(CC(=O)O)n3)cc2c1. The number of nitrogens with one attached hydrogen (secondary N) is 3. The van der Waals surface area contributed by atoms with E-state index >= 15 is 0 Å². The Hall–Kier alpha value is -3.16. The lowest BCUT2D eigenvalue weighted by atomic mass is 10.2. The molecule has 2 aromatic heterocycles. The average molecular weight is 327 g/mol. The van der Waals surface area contributed by atoms with Gasteiger partial charge in [-0.25, -0.2) is 4.98 Å². The highest BCUT2D eigenvalue weighted by molar-refractivity contribution is 5.98. The molecule has 8 heteroatoms. The van der Waals surface area contributed by atoms with E-state index in [-0.39, 0.29) is 18.2 Å². The second-order valence-electron chi connectivity index (χ2n) is 5.68. The molecule has 24 heavy (non-hydrogen) atoms. The van der Waals surface area contributed by atoms with E-state index in [4.69, 9.17) is 5.11 Å². The van der Waals surface area contributed by atoms with Gasteiger partial charge in [0.25, 0.3) is 5.91 Å². The van der Waals surface area contributed by atoms with Crippen molar-refractivity contribution in [3.05, 3.63) is 47.2 Å². The zero-order valence-electron chi connectivity index (χ0n) is 13.3. The van der Waals surface area contributed by atoms with Crippen molar-refractivity contribution in [1.82, 2.24) is 25.5 Å². The lowest BCUT2D eigenvalue weighted by Gasteiger charge is -2.09. The summed E-state index contributed by atoms with van der Waals surface area (Å²) in [5, 5.41) is 19.0. The largest absolute Gasteiger partial charge is 0.481 e. The summed E-state index contributed by atoms with van der Waals surface area (Å²) in [6, 6.07) is 7.24. The molecule has 1 aromatic carbocycles. The minimum atomic E-state index is -0.997. The summed E-state index contributed by atoms with van der Waals surface area (Å²) in [5.74, 6) is -0.685. The Kier molecular flexibility index (Phi) is 4.03. The third kappa shape index (κ3) is 3.27. The van der Waals surface area contributed by atoms with Crippen LogP contribution < -0.4 is 5.32 Å². The molecule has 0 saturated carbocycles. The summed E-state index contributed by atoms with van der Waals surface area (Å²) in [5.41, 5.74) is 2.46. The number of carboxylic acid groups (broad SMARTS) is 1. The maximum absolute atomic E-state index is 12.4. The second kappa shape index (κ2) is 6.15. The summed E-state index contributed by atoms with van der Waals surface area (Å²) in [6.07, 6.45) is -0.241. The number of hydrogen-bond acceptors (Lipinski definition) is 4. The van der Waals surface area contributed by atoms with Crippen LogP contribution in [0, 0.1) is 6.92 Å². The maximum atomic E-state index is 12.4. The number of fused-ring (bicyclic) bond motifs is 1. The van der Waals surface area contributed by atoms with Gasteiger partial charge < -0.3 is 15.4 Å². The monoisotopic (exact) mass is 327 g/mol. The topological polar surface area (TPSA) is 124 Å². The number of carbonyl (C=O) groups excluding carboxylic acids is 1. The molecule has 0 aliphatic rings. The average Bonchev–Trinajstić information content (AvgIpc) is 3.12. The van der Waals surface area contributed by atoms with E-state index in [1.165, 1.54) is 0 Å². The molecule has 124 valence electrons. The van der Waals surface area contributed by atoms with Crippen LogP contribution in [0.1, 0.15) is 40.7 Å². The predicted molar refractivity (Wildman–Crippen MR) is 86.6 cm³/mol. The summed E-state index contributed by atoms with van der Waals surface area (Å²) >= 11 is 0. The molecule has 0 bridgehead atoms. The molecule has 4 N–H and O–H groups in total. The van der Waals surface area contributed by atoms with Crippen LogP contribution in [-0.2, 0) is 11.2 Å². The van der Waals surface area contributed by atoms with Crippen LogP contribution in [0.15, 0.2) is 24.3 Å². The number of carbonyl (C=O) groups is 2. The number of aromatic amines is 2. The fourth-order valence-corrected chi connectivity index (χ4v) is 2.44. The molecule has 8 nitrogen and oxygen atoms in total. The molecule has 0 aliphatic heterocycles. The van der Waals surface area contributed by atoms with Gasteiger partial charge in [-0.05, 0) is 32.0 Å². The van der Waals surface area contributed by atoms with Crippen LogP contribution in [0.2, 0.25) is 0 Å². The quantitative estimate of drug-likeness (QED) is 0.568. The van der Waals surface area contributed by atoms with E-state index in [1.807, 2.05) is 25.1 Å². The van der Waals surface area contributed by atoms with Crippen molar-refractivity contribution in [3.63, 3.8) is 0 Å². The molecular formula is C16H17N5O3. The van der Waals surface area contributed by atoms with Crippen molar-refractivity contribution in [2.75, 3.05) is 0 Å². The Labute approximate surface area is 137 Å². The number of rotatable bonds is 5. The van der Waals surface area contributed by atoms with Crippen LogP contribution >= 0.6 is 0 Å². The van der Waals surface area contributed by atoms with E-state index < -0.39 is 12.0 Å². The van der Waals surface area contributed by atoms with E-state index in [2.05, 4.69) is 25.5 Å². The van der Waals surface area contributed by atoms with Gasteiger partial charge in [-0.15, -0.1) is 0 Å². The highest BCUT2D eigenvalue weighted by atomic mass is 16.4. The molecule has 0 saturated heterocycles. The van der Waals surface area contributed by atoms with Crippen LogP contribution in [0.4, 0.5) is 0 Å². The molecule has 0 spiro atoms. The van der Waals surface area contributed by atoms with Crippen molar-refractivity contribution >= 4 is 22.8 Å². The fourth-order valence-electron chi connectivity index (χ4n) is 2.44. The Morgan fingerprint density at radius 3 is 2.88 bits per heavy atom. The van der Waals surface area contributed by atoms with Crippen molar-refractivity contribution < 1.29 is 14.7 Å². The summed E-state index contributed by atoms with van der Waals surface area (Å²) in [4.78, 5) is 30.2. The number of carboxylic acids is 1. The Morgan fingerprint density at radius 1 is 1.33 bits per heavy atom. The van der Waals surface area contributed by atoms with Gasteiger partial charge in [-0.1, -0.05) is 11.6 Å². The van der Waals surface area contributed by atoms with Crippen LogP contribution in [-0.4, -0.2) is 37.1 Å². The van der Waals surface area contributed by atoms with Crippen molar-refractivity contribution in [3.8, 4) is 0 Å². The summed E-state index contributed by atoms with van der Waals surface area (Å²) in [6.45, 7) is 3.73. The van der Waals surface area contributed by atoms with Gasteiger partial charge in [0, 0.05) is 10.9 Å². The molecule has 0 unspecified atom stereocenters. The number of aryl methyl sites for hydroxylation is 1. The van der Waals surface area contributed by atoms with Crippen molar-refractivity contribution in [2.45, 2.75) is 26.3 Å². The molecule has 1 atom stereocenters. The molecular weight excluding hydrogens is 310 g/mol. The number of aliphatic carboxylic acids is 1. The predicted octanol–water partition coefficient (Wildman–Crippen LogP) is 1.71. The van der Waals surface area contributed by atoms with Crippen LogP contribution in [0.25, 0.3) is 10.9 Å². The van der Waals surface area contributed by atoms with Gasteiger partial charge in [0.1, 0.15) is 17.9 Å². The molecule has 0 fully saturated rings. The number of benzene rings is 1. The zero-order valence-corrected chi connectivity index (χ0v) is 13.3. The van der Waals surface area contributed by atoms with Crippen molar-refractivity contribution in [2.24, 2.45) is 0 Å². The standard InChI is InChI=1S/C16H17N5O3/c1-8-3-4-11-10(5-8)6-12(18-11)16(24)17-9(2)15-19-13(20-21-15)7-14(22)23/h3-6,9,18H,7H2,1-2H3,(H,17,24)(H,22,23)(H,19,20,21)/t9-/m0/s1. The van der Waals surface area contributed by atoms with Crippen LogP contribution in [0.5, 0.6) is 0 Å². The minimum Gasteiger partial charge on any atom is -0.481 e. The fraction of sp³-hybridized carbons (Fsp3) is 0.250. The first-order valence-electron chi connectivity index (χ1n) is 7.45. The van der Waals surface area contributed by atoms with E-state index in [0.29, 0.717) is 11.5 Å². The number of hydrogen-bond donors (Lipinski definition) is 4. The van der Waals surface area contributed by atoms with Gasteiger partial charge in [-0.2, -0.15) is 5.10 Å². The Morgan fingerprint density at radius 2 is 2.12 bits per heavy atom. The molecule has 1 amide bonds. The smallest absolute Gasteiger partial charge is 0.311 e. The lowest BCUT2D eigenvalue weighted by Crippen LogP contribution is -2.27. The molecule has 3 rings (SSSR count). The maximum Gasteiger partial charge on any atom is 0.311 e. The lowest BCUT2D eigenvalue weighted by molar-refractivity contribution is -0.136. The van der Waals surface area contributed by atoms with Crippen LogP contribution in [0.3, 0.4) is 0 Å². The van der Waals surface area contributed by atoms with Gasteiger partial charge >= 0.3 is 5.97 Å². The number of nitrogens with zero attached hydrogens (tertiary/aromatic N) is 2. The van der Waals surface area contributed by atoms with Gasteiger partial charge in [0.05, 0.1) is 6.04 Å². The highest BCUT2D eigenvalue weighted by Crippen LogP contribution is 2.17. The molecule has 0 radical (unpaired) electrons. The third-order valence-corrected chi connectivity index (χ3v) is 3.62. The number of amides is 1. The van der Waals surface area contributed by atoms with E-state index in [1.54, 1.807) is 13.0 Å². The minimum absolute atomic E-state index is 0.241. The Balaban J connectivity index is 1.72.